The summed E-state index contributed by atoms with van der Waals surface area (Å²) >= 11 is 0. The summed E-state index contributed by atoms with van der Waals surface area (Å²) in [6, 6.07) is 1.39. The number of allylic oxidation sites excluding steroid dienone is 1. The fraction of sp³-hybridized carbons (Fsp3) is 0.591. The molecule has 1 aromatic heterocycles. The molecule has 2 saturated heterocycles. The first kappa shape index (κ1) is 21.7. The number of rotatable bonds is 3. The van der Waals surface area contributed by atoms with Gasteiger partial charge >= 0.3 is 11.9 Å². The number of ether oxygens (including phenoxy) is 3. The average Bonchev–Trinajstić information content (AvgIpc) is 3.22. The second kappa shape index (κ2) is 7.29. The number of carbonyl (C=O) groups excluding carboxylic acids is 3. The SMILES string of the molecule is C=C(C)[C@H]1Cc2oc(cc2C=O)[C@@H](O)[C@@](C)(O)C[C@@H]2OC(=O)C3(O[C@@H]23)[C@H](OC(C)=O)C1. The molecule has 1 aromatic rings. The van der Waals surface area contributed by atoms with Crippen LogP contribution in [-0.4, -0.2) is 58.0 Å². The van der Waals surface area contributed by atoms with E-state index in [1.165, 1.54) is 19.9 Å². The van der Waals surface area contributed by atoms with Crippen molar-refractivity contribution in [2.45, 2.75) is 75.7 Å². The van der Waals surface area contributed by atoms with Crippen LogP contribution in [-0.2, 0) is 30.2 Å². The topological polar surface area (TPSA) is 136 Å². The summed E-state index contributed by atoms with van der Waals surface area (Å²) in [5, 5.41) is 21.7. The van der Waals surface area contributed by atoms with Crippen molar-refractivity contribution in [1.29, 1.82) is 0 Å². The zero-order valence-electron chi connectivity index (χ0n) is 17.6. The highest BCUT2D eigenvalue weighted by molar-refractivity contribution is 5.88. The van der Waals surface area contributed by atoms with Gasteiger partial charge in [-0.3, -0.25) is 9.59 Å². The van der Waals surface area contributed by atoms with Crippen molar-refractivity contribution in [3.8, 4) is 0 Å². The van der Waals surface area contributed by atoms with E-state index in [2.05, 4.69) is 6.58 Å². The molecule has 0 aromatic carbocycles. The Kier molecular flexibility index (Phi) is 5.11. The van der Waals surface area contributed by atoms with Gasteiger partial charge in [0.15, 0.2) is 6.29 Å². The molecule has 168 valence electrons. The lowest BCUT2D eigenvalue weighted by atomic mass is 9.83. The Hall–Kier alpha value is -2.49. The van der Waals surface area contributed by atoms with Gasteiger partial charge in [-0.2, -0.15) is 0 Å². The largest absolute Gasteiger partial charge is 0.462 e. The Bertz CT molecular complexity index is 945. The lowest BCUT2D eigenvalue weighted by Gasteiger charge is -2.30. The minimum atomic E-state index is -1.75. The molecule has 2 N–H and O–H groups in total. The maximum absolute atomic E-state index is 12.8. The van der Waals surface area contributed by atoms with Gasteiger partial charge in [-0.1, -0.05) is 12.2 Å². The molecule has 3 aliphatic heterocycles. The first-order chi connectivity index (χ1) is 14.5. The van der Waals surface area contributed by atoms with Crippen LogP contribution in [0.3, 0.4) is 0 Å². The highest BCUT2D eigenvalue weighted by Gasteiger charge is 2.78. The normalized spacial score (nSPS) is 39.3. The summed E-state index contributed by atoms with van der Waals surface area (Å²) in [5.41, 5.74) is -2.24. The standard InChI is InChI=1S/C22H26O9/c1-10(2)12-5-14-13(9-23)6-15(29-14)18(25)21(4,27)8-16-19-22(31-19,20(26)30-16)17(7-12)28-11(3)24/h6,9,12,16-19,25,27H,1,5,7-8H2,2-4H3/t12-,16-,17+,18+,19-,21-,22?/m0/s1. The van der Waals surface area contributed by atoms with Crippen LogP contribution >= 0.6 is 0 Å². The fourth-order valence-corrected chi connectivity index (χ4v) is 4.66. The van der Waals surface area contributed by atoms with Gasteiger partial charge in [0.25, 0.3) is 0 Å². The third kappa shape index (κ3) is 3.50. The Labute approximate surface area is 179 Å². The van der Waals surface area contributed by atoms with Crippen molar-refractivity contribution in [2.24, 2.45) is 5.92 Å². The highest BCUT2D eigenvalue weighted by atomic mass is 16.7. The van der Waals surface area contributed by atoms with Gasteiger partial charge in [-0.25, -0.2) is 4.79 Å². The van der Waals surface area contributed by atoms with Crippen molar-refractivity contribution < 1.29 is 43.2 Å². The van der Waals surface area contributed by atoms with Crippen LogP contribution in [0.5, 0.6) is 0 Å². The molecule has 31 heavy (non-hydrogen) atoms. The molecule has 1 unspecified atom stereocenters. The maximum Gasteiger partial charge on any atom is 0.345 e. The van der Waals surface area contributed by atoms with E-state index in [1.807, 2.05) is 0 Å². The van der Waals surface area contributed by atoms with Crippen molar-refractivity contribution in [2.75, 3.05) is 0 Å². The summed E-state index contributed by atoms with van der Waals surface area (Å²) in [6.07, 6.45) is -3.10. The lowest BCUT2D eigenvalue weighted by molar-refractivity contribution is -0.169. The summed E-state index contributed by atoms with van der Waals surface area (Å²) in [6.45, 7) is 8.41. The third-order valence-electron chi connectivity index (χ3n) is 6.48. The van der Waals surface area contributed by atoms with E-state index in [1.54, 1.807) is 6.92 Å². The number of epoxide rings is 1. The Morgan fingerprint density at radius 1 is 1.39 bits per heavy atom. The molecule has 4 heterocycles. The zero-order chi connectivity index (χ0) is 22.7. The lowest BCUT2D eigenvalue weighted by Crippen LogP contribution is -2.42. The zero-order valence-corrected chi connectivity index (χ0v) is 17.6. The number of aldehydes is 1. The second-order valence-corrected chi connectivity index (χ2v) is 8.97. The van der Waals surface area contributed by atoms with E-state index in [4.69, 9.17) is 18.6 Å². The van der Waals surface area contributed by atoms with E-state index in [9.17, 15) is 24.6 Å². The van der Waals surface area contributed by atoms with Crippen LogP contribution in [0.1, 0.15) is 61.6 Å². The molecular formula is C22H26O9. The number of fused-ring (bicyclic) bond motifs is 2. The van der Waals surface area contributed by atoms with Gasteiger partial charge in [0.05, 0.1) is 11.2 Å². The number of hydrogen-bond acceptors (Lipinski definition) is 9. The summed E-state index contributed by atoms with van der Waals surface area (Å²) in [4.78, 5) is 36.2. The fourth-order valence-electron chi connectivity index (χ4n) is 4.66. The number of aliphatic hydroxyl groups excluding tert-OH is 1. The summed E-state index contributed by atoms with van der Waals surface area (Å²) < 4.78 is 22.5. The van der Waals surface area contributed by atoms with Gasteiger partial charge < -0.3 is 28.8 Å². The number of aliphatic hydroxyl groups is 2. The van der Waals surface area contributed by atoms with Crippen molar-refractivity contribution in [3.05, 3.63) is 35.3 Å². The Morgan fingerprint density at radius 3 is 2.68 bits per heavy atom. The molecule has 9 heteroatoms. The first-order valence-electron chi connectivity index (χ1n) is 10.2. The minimum Gasteiger partial charge on any atom is -0.462 e. The summed E-state index contributed by atoms with van der Waals surface area (Å²) in [5.74, 6) is -1.22. The molecule has 0 amide bonds. The van der Waals surface area contributed by atoms with Gasteiger partial charge in [0, 0.05) is 19.8 Å². The molecule has 2 fully saturated rings. The predicted molar refractivity (Wildman–Crippen MR) is 104 cm³/mol. The van der Waals surface area contributed by atoms with Gasteiger partial charge in [-0.15, -0.1) is 0 Å². The molecule has 0 aliphatic carbocycles. The van der Waals surface area contributed by atoms with Crippen molar-refractivity contribution >= 4 is 18.2 Å². The minimum absolute atomic E-state index is 0.0330. The molecular weight excluding hydrogens is 408 g/mol. The van der Waals surface area contributed by atoms with E-state index in [0.29, 0.717) is 12.0 Å². The number of furan rings is 1. The number of carbonyl (C=O) groups is 3. The summed E-state index contributed by atoms with van der Waals surface area (Å²) in [7, 11) is 0. The van der Waals surface area contributed by atoms with E-state index in [-0.39, 0.29) is 36.5 Å². The monoisotopic (exact) mass is 434 g/mol. The molecule has 4 bridgehead atoms. The average molecular weight is 434 g/mol. The van der Waals surface area contributed by atoms with Crippen LogP contribution in [0.2, 0.25) is 0 Å². The van der Waals surface area contributed by atoms with Crippen molar-refractivity contribution in [1.82, 2.24) is 0 Å². The quantitative estimate of drug-likeness (QED) is 0.313. The maximum atomic E-state index is 12.8. The molecule has 4 rings (SSSR count). The second-order valence-electron chi connectivity index (χ2n) is 8.97. The van der Waals surface area contributed by atoms with E-state index < -0.39 is 47.6 Å². The van der Waals surface area contributed by atoms with Gasteiger partial charge in [0.1, 0.15) is 35.9 Å². The predicted octanol–water partition coefficient (Wildman–Crippen LogP) is 1.40. The van der Waals surface area contributed by atoms with E-state index >= 15 is 0 Å². The Morgan fingerprint density at radius 2 is 2.10 bits per heavy atom. The third-order valence-corrected chi connectivity index (χ3v) is 6.48. The number of esters is 2. The molecule has 3 aliphatic rings. The molecule has 9 nitrogen and oxygen atoms in total. The van der Waals surface area contributed by atoms with Crippen LogP contribution in [0.15, 0.2) is 22.6 Å². The first-order valence-corrected chi connectivity index (χ1v) is 10.2. The number of hydrogen-bond donors (Lipinski definition) is 2. The van der Waals surface area contributed by atoms with Crippen LogP contribution in [0.25, 0.3) is 0 Å². The van der Waals surface area contributed by atoms with Crippen molar-refractivity contribution in [3.63, 3.8) is 0 Å². The molecule has 7 atom stereocenters. The van der Waals surface area contributed by atoms with E-state index in [0.717, 1.165) is 5.57 Å². The molecule has 0 radical (unpaired) electrons. The molecule has 0 saturated carbocycles. The Balaban J connectivity index is 1.80. The smallest absolute Gasteiger partial charge is 0.345 e. The van der Waals surface area contributed by atoms with Crippen LogP contribution in [0.4, 0.5) is 0 Å². The van der Waals surface area contributed by atoms with Crippen LogP contribution in [0, 0.1) is 5.92 Å². The van der Waals surface area contributed by atoms with Gasteiger partial charge in [-0.05, 0) is 32.3 Å². The molecule has 0 spiro atoms. The van der Waals surface area contributed by atoms with Gasteiger partial charge in [0.2, 0.25) is 5.60 Å². The van der Waals surface area contributed by atoms with Crippen LogP contribution < -0.4 is 0 Å². The highest BCUT2D eigenvalue weighted by Crippen LogP contribution is 2.54.